The van der Waals surface area contributed by atoms with Gasteiger partial charge < -0.3 is 10.1 Å². The molecule has 9 heteroatoms. The van der Waals surface area contributed by atoms with Crippen LogP contribution < -0.4 is 15.0 Å². The van der Waals surface area contributed by atoms with E-state index in [-0.39, 0.29) is 23.8 Å². The van der Waals surface area contributed by atoms with Crippen LogP contribution in [-0.4, -0.2) is 31.6 Å². The highest BCUT2D eigenvalue weighted by molar-refractivity contribution is 7.99. The molecule has 1 aliphatic rings. The fraction of sp³-hybridized carbons (Fsp3) is 0.120. The standard InChI is InChI=1S/C25H17F3N2O3S/c26-13-3-4-14-30-20-12-9-17(15-22(20)34-21-6-2-1-5-19(21)24(30)32)29-23(31)16-7-10-18(11-8-16)33-25(27)28/h1-2,5-12,15,25H,13-14H2,(H,29,31). The summed E-state index contributed by atoms with van der Waals surface area (Å²) in [6.45, 7) is -3.74. The maximum absolute atomic E-state index is 13.2. The Morgan fingerprint density at radius 2 is 1.79 bits per heavy atom. The van der Waals surface area contributed by atoms with E-state index in [1.165, 1.54) is 40.9 Å². The lowest BCUT2D eigenvalue weighted by Gasteiger charge is -2.21. The molecule has 0 fully saturated rings. The molecule has 0 atom stereocenters. The van der Waals surface area contributed by atoms with Crippen molar-refractivity contribution in [3.63, 3.8) is 0 Å². The number of carbonyl (C=O) groups excluding carboxylic acids is 2. The number of halogens is 3. The summed E-state index contributed by atoms with van der Waals surface area (Å²) in [4.78, 5) is 28.7. The first kappa shape index (κ1) is 23.3. The number of fused-ring (bicyclic) bond motifs is 2. The fourth-order valence-electron chi connectivity index (χ4n) is 3.33. The average molecular weight is 482 g/mol. The van der Waals surface area contributed by atoms with Gasteiger partial charge in [-0.05, 0) is 54.6 Å². The van der Waals surface area contributed by atoms with Crippen LogP contribution in [0.15, 0.2) is 76.5 Å². The molecule has 0 aliphatic carbocycles. The lowest BCUT2D eigenvalue weighted by molar-refractivity contribution is -0.0498. The molecule has 0 saturated heterocycles. The normalized spacial score (nSPS) is 12.2. The van der Waals surface area contributed by atoms with Crippen molar-refractivity contribution in [2.45, 2.75) is 16.4 Å². The van der Waals surface area contributed by atoms with Crippen molar-refractivity contribution < 1.29 is 27.5 Å². The van der Waals surface area contributed by atoms with E-state index in [2.05, 4.69) is 21.9 Å². The monoisotopic (exact) mass is 482 g/mol. The number of anilines is 2. The molecule has 0 aromatic heterocycles. The van der Waals surface area contributed by atoms with Gasteiger partial charge >= 0.3 is 6.61 Å². The number of hydrogen-bond acceptors (Lipinski definition) is 4. The van der Waals surface area contributed by atoms with Gasteiger partial charge in [-0.2, -0.15) is 8.78 Å². The molecule has 34 heavy (non-hydrogen) atoms. The third-order valence-corrected chi connectivity index (χ3v) is 5.98. The predicted octanol–water partition coefficient (Wildman–Crippen LogP) is 5.62. The second-order valence-electron chi connectivity index (χ2n) is 7.02. The van der Waals surface area contributed by atoms with Crippen molar-refractivity contribution in [1.29, 1.82) is 0 Å². The van der Waals surface area contributed by atoms with Gasteiger partial charge in [-0.15, -0.1) is 0 Å². The summed E-state index contributed by atoms with van der Waals surface area (Å²) in [5, 5.41) is 2.77. The van der Waals surface area contributed by atoms with Crippen LogP contribution >= 0.6 is 11.8 Å². The molecule has 0 spiro atoms. The lowest BCUT2D eigenvalue weighted by atomic mass is 10.1. The van der Waals surface area contributed by atoms with Gasteiger partial charge in [0.2, 0.25) is 0 Å². The average Bonchev–Trinajstić information content (AvgIpc) is 2.93. The largest absolute Gasteiger partial charge is 0.435 e. The Balaban J connectivity index is 1.61. The summed E-state index contributed by atoms with van der Waals surface area (Å²) >= 11 is 1.37. The van der Waals surface area contributed by atoms with Crippen LogP contribution in [0.3, 0.4) is 0 Å². The van der Waals surface area contributed by atoms with Crippen molar-refractivity contribution in [1.82, 2.24) is 0 Å². The Morgan fingerprint density at radius 3 is 2.53 bits per heavy atom. The molecule has 0 radical (unpaired) electrons. The van der Waals surface area contributed by atoms with E-state index < -0.39 is 19.2 Å². The Kier molecular flexibility index (Phi) is 7.09. The molecule has 3 aromatic carbocycles. The molecule has 0 unspecified atom stereocenters. The zero-order valence-corrected chi connectivity index (χ0v) is 18.4. The molecule has 0 bridgehead atoms. The second-order valence-corrected chi connectivity index (χ2v) is 8.10. The van der Waals surface area contributed by atoms with E-state index in [0.717, 1.165) is 4.90 Å². The Morgan fingerprint density at radius 1 is 1.03 bits per heavy atom. The van der Waals surface area contributed by atoms with E-state index in [1.54, 1.807) is 30.3 Å². The summed E-state index contributed by atoms with van der Waals surface area (Å²) in [5.74, 6) is 4.26. The number of amides is 2. The summed E-state index contributed by atoms with van der Waals surface area (Å²) in [6.07, 6.45) is 0. The van der Waals surface area contributed by atoms with E-state index in [9.17, 15) is 22.8 Å². The summed E-state index contributed by atoms with van der Waals surface area (Å²) in [6, 6.07) is 17.5. The SMILES string of the molecule is O=C(Nc1ccc2c(c1)Sc1ccccc1C(=O)N2CC#CCF)c1ccc(OC(F)F)cc1. The first-order valence-electron chi connectivity index (χ1n) is 10.1. The van der Waals surface area contributed by atoms with E-state index in [1.807, 2.05) is 12.1 Å². The molecular weight excluding hydrogens is 465 g/mol. The van der Waals surface area contributed by atoms with Crippen LogP contribution in [0.25, 0.3) is 0 Å². The third kappa shape index (κ3) is 5.18. The maximum atomic E-state index is 13.2. The number of nitrogens with one attached hydrogen (secondary N) is 1. The van der Waals surface area contributed by atoms with Crippen molar-refractivity contribution in [3.8, 4) is 17.6 Å². The van der Waals surface area contributed by atoms with Gasteiger partial charge in [0, 0.05) is 21.0 Å². The quantitative estimate of drug-likeness (QED) is 0.480. The van der Waals surface area contributed by atoms with Gasteiger partial charge in [0.1, 0.15) is 12.4 Å². The highest BCUT2D eigenvalue weighted by Gasteiger charge is 2.27. The highest BCUT2D eigenvalue weighted by atomic mass is 32.2. The van der Waals surface area contributed by atoms with Crippen LogP contribution in [0.5, 0.6) is 5.75 Å². The minimum Gasteiger partial charge on any atom is -0.435 e. The highest BCUT2D eigenvalue weighted by Crippen LogP contribution is 2.42. The van der Waals surface area contributed by atoms with E-state index >= 15 is 0 Å². The predicted molar refractivity (Wildman–Crippen MR) is 123 cm³/mol. The number of nitrogens with zero attached hydrogens (tertiary/aromatic N) is 1. The molecular formula is C25H17F3N2O3S. The number of ether oxygens (including phenoxy) is 1. The number of rotatable bonds is 5. The first-order chi connectivity index (χ1) is 16.5. The van der Waals surface area contributed by atoms with Crippen molar-refractivity contribution >= 4 is 35.0 Å². The van der Waals surface area contributed by atoms with Gasteiger partial charge in [0.25, 0.3) is 11.8 Å². The van der Waals surface area contributed by atoms with Gasteiger partial charge in [0.05, 0.1) is 17.8 Å². The van der Waals surface area contributed by atoms with Crippen molar-refractivity contribution in [2.75, 3.05) is 23.4 Å². The Bertz CT molecular complexity index is 1290. The summed E-state index contributed by atoms with van der Waals surface area (Å²) in [5.41, 5.74) is 1.83. The summed E-state index contributed by atoms with van der Waals surface area (Å²) < 4.78 is 41.4. The zero-order valence-electron chi connectivity index (χ0n) is 17.6. The van der Waals surface area contributed by atoms with E-state index in [4.69, 9.17) is 0 Å². The van der Waals surface area contributed by atoms with Crippen LogP contribution in [-0.2, 0) is 0 Å². The van der Waals surface area contributed by atoms with Gasteiger partial charge in [-0.1, -0.05) is 35.7 Å². The lowest BCUT2D eigenvalue weighted by Crippen LogP contribution is -2.31. The molecule has 1 N–H and O–H groups in total. The maximum Gasteiger partial charge on any atom is 0.387 e. The molecule has 1 heterocycles. The van der Waals surface area contributed by atoms with Crippen LogP contribution in [0.4, 0.5) is 24.5 Å². The van der Waals surface area contributed by atoms with Crippen LogP contribution in [0.2, 0.25) is 0 Å². The first-order valence-corrected chi connectivity index (χ1v) is 10.9. The van der Waals surface area contributed by atoms with Crippen LogP contribution in [0.1, 0.15) is 20.7 Å². The Hall–Kier alpha value is -3.90. The van der Waals surface area contributed by atoms with Gasteiger partial charge in [0.15, 0.2) is 0 Å². The molecule has 172 valence electrons. The van der Waals surface area contributed by atoms with Gasteiger partial charge in [-0.3, -0.25) is 14.5 Å². The zero-order chi connectivity index (χ0) is 24.1. The third-order valence-electron chi connectivity index (χ3n) is 4.86. The van der Waals surface area contributed by atoms with Crippen molar-refractivity contribution in [2.24, 2.45) is 0 Å². The van der Waals surface area contributed by atoms with Crippen molar-refractivity contribution in [3.05, 3.63) is 77.9 Å². The summed E-state index contributed by atoms with van der Waals surface area (Å²) in [7, 11) is 0. The molecule has 1 aliphatic heterocycles. The smallest absolute Gasteiger partial charge is 0.387 e. The number of benzene rings is 3. The molecule has 4 rings (SSSR count). The number of hydrogen-bond donors (Lipinski definition) is 1. The second kappa shape index (κ2) is 10.4. The molecule has 3 aromatic rings. The molecule has 0 saturated carbocycles. The number of carbonyl (C=O) groups is 2. The molecule has 5 nitrogen and oxygen atoms in total. The fourth-order valence-corrected chi connectivity index (χ4v) is 4.45. The minimum atomic E-state index is -2.95. The van der Waals surface area contributed by atoms with Crippen LogP contribution in [0, 0.1) is 11.8 Å². The molecule has 2 amide bonds. The Labute approximate surface area is 197 Å². The van der Waals surface area contributed by atoms with Gasteiger partial charge in [-0.25, -0.2) is 4.39 Å². The van der Waals surface area contributed by atoms with E-state index in [0.29, 0.717) is 21.8 Å². The minimum absolute atomic E-state index is 0.0173. The number of alkyl halides is 3. The topological polar surface area (TPSA) is 58.6 Å².